The van der Waals surface area contributed by atoms with E-state index in [0.717, 1.165) is 12.2 Å². The van der Waals surface area contributed by atoms with Crippen molar-refractivity contribution in [3.8, 4) is 5.69 Å². The van der Waals surface area contributed by atoms with Crippen molar-refractivity contribution in [1.29, 1.82) is 0 Å². The summed E-state index contributed by atoms with van der Waals surface area (Å²) in [5.74, 6) is -0.746. The Kier molecular flexibility index (Phi) is 4.43. The molecule has 0 aliphatic rings. The number of nitrogens with two attached hydrogens (primary N) is 1. The minimum Gasteiger partial charge on any atom is -0.465 e. The number of nitrogens with zero attached hydrogens (tertiary/aromatic N) is 1. The highest BCUT2D eigenvalue weighted by molar-refractivity contribution is 6.05. The number of anilines is 2. The van der Waals surface area contributed by atoms with Gasteiger partial charge in [-0.2, -0.15) is 0 Å². The van der Waals surface area contributed by atoms with E-state index in [1.165, 1.54) is 11.7 Å². The fourth-order valence-corrected chi connectivity index (χ4v) is 2.86. The van der Waals surface area contributed by atoms with Gasteiger partial charge < -0.3 is 15.8 Å². The molecule has 0 saturated carbocycles. The van der Waals surface area contributed by atoms with E-state index < -0.39 is 11.5 Å². The van der Waals surface area contributed by atoms with Crippen molar-refractivity contribution in [2.75, 3.05) is 24.7 Å². The van der Waals surface area contributed by atoms with E-state index >= 15 is 0 Å². The van der Waals surface area contributed by atoms with Crippen molar-refractivity contribution in [3.05, 3.63) is 64.4 Å². The zero-order valence-corrected chi connectivity index (χ0v) is 14.1. The molecular weight excluding hydrogens is 318 g/mol. The molecule has 3 aromatic rings. The summed E-state index contributed by atoms with van der Waals surface area (Å²) in [7, 11) is 1.23. The number of carbonyl (C=O) groups is 1. The smallest absolute Gasteiger partial charge is 0.345 e. The summed E-state index contributed by atoms with van der Waals surface area (Å²) in [4.78, 5) is 25.2. The summed E-state index contributed by atoms with van der Waals surface area (Å²) in [6, 6.07) is 14.6. The molecule has 6 nitrogen and oxygen atoms in total. The van der Waals surface area contributed by atoms with Crippen LogP contribution in [0.4, 0.5) is 11.4 Å². The summed E-state index contributed by atoms with van der Waals surface area (Å²) in [5, 5.41) is 3.83. The lowest BCUT2D eigenvalue weighted by Crippen LogP contribution is -2.28. The van der Waals surface area contributed by atoms with Crippen LogP contribution in [0.15, 0.2) is 53.3 Å². The molecule has 128 valence electrons. The normalized spacial score (nSPS) is 10.6. The number of rotatable bonds is 4. The minimum atomic E-state index is -0.746. The number of carbonyl (C=O) groups excluding carboxylic acids is 1. The first-order valence-electron chi connectivity index (χ1n) is 7.94. The molecule has 0 bridgehead atoms. The number of esters is 1. The molecule has 0 unspecified atom stereocenters. The SMILES string of the molecule is CCNc1ccc2c(N)c(C(=O)OC)c(=O)n(-c3ccccc3)c2c1. The van der Waals surface area contributed by atoms with E-state index in [1.807, 2.05) is 37.3 Å². The molecule has 2 aromatic carbocycles. The molecule has 0 spiro atoms. The van der Waals surface area contributed by atoms with Crippen LogP contribution in [0.1, 0.15) is 17.3 Å². The van der Waals surface area contributed by atoms with Gasteiger partial charge in [-0.15, -0.1) is 0 Å². The molecule has 25 heavy (non-hydrogen) atoms. The van der Waals surface area contributed by atoms with Crippen molar-refractivity contribution in [1.82, 2.24) is 4.57 Å². The number of nitrogens with one attached hydrogen (secondary N) is 1. The van der Waals surface area contributed by atoms with Crippen molar-refractivity contribution >= 4 is 28.2 Å². The summed E-state index contributed by atoms with van der Waals surface area (Å²) >= 11 is 0. The average Bonchev–Trinajstić information content (AvgIpc) is 2.62. The molecular formula is C19H19N3O3. The van der Waals surface area contributed by atoms with Gasteiger partial charge in [-0.1, -0.05) is 18.2 Å². The van der Waals surface area contributed by atoms with Gasteiger partial charge in [0.15, 0.2) is 0 Å². The van der Waals surface area contributed by atoms with Crippen LogP contribution in [0.5, 0.6) is 0 Å². The number of aromatic nitrogens is 1. The van der Waals surface area contributed by atoms with Gasteiger partial charge in [0, 0.05) is 23.3 Å². The Labute approximate surface area is 144 Å². The maximum absolute atomic E-state index is 13.0. The lowest BCUT2D eigenvalue weighted by Gasteiger charge is -2.16. The Bertz CT molecular complexity index is 994. The van der Waals surface area contributed by atoms with Gasteiger partial charge in [-0.3, -0.25) is 9.36 Å². The number of fused-ring (bicyclic) bond motifs is 1. The fraction of sp³-hybridized carbons (Fsp3) is 0.158. The topological polar surface area (TPSA) is 86.3 Å². The third-order valence-electron chi connectivity index (χ3n) is 4.00. The Balaban J connectivity index is 2.46. The predicted molar refractivity (Wildman–Crippen MR) is 99.5 cm³/mol. The lowest BCUT2D eigenvalue weighted by molar-refractivity contribution is 0.0600. The molecule has 0 atom stereocenters. The number of methoxy groups -OCH3 is 1. The van der Waals surface area contributed by atoms with Gasteiger partial charge >= 0.3 is 5.97 Å². The zero-order chi connectivity index (χ0) is 18.0. The molecule has 0 aliphatic carbocycles. The van der Waals surface area contributed by atoms with Crippen LogP contribution in [-0.2, 0) is 4.74 Å². The molecule has 0 radical (unpaired) electrons. The number of nitrogen functional groups attached to an aromatic ring is 1. The molecule has 6 heteroatoms. The Morgan fingerprint density at radius 3 is 2.56 bits per heavy atom. The summed E-state index contributed by atoms with van der Waals surface area (Å²) in [5.41, 5.74) is 7.74. The third-order valence-corrected chi connectivity index (χ3v) is 4.00. The van der Waals surface area contributed by atoms with Crippen molar-refractivity contribution < 1.29 is 9.53 Å². The number of pyridine rings is 1. The molecule has 0 amide bonds. The van der Waals surface area contributed by atoms with E-state index in [0.29, 0.717) is 16.6 Å². The van der Waals surface area contributed by atoms with Crippen LogP contribution in [0.25, 0.3) is 16.6 Å². The predicted octanol–water partition coefficient (Wildman–Crippen LogP) is 2.79. The van der Waals surface area contributed by atoms with Gasteiger partial charge in [-0.05, 0) is 37.3 Å². The van der Waals surface area contributed by atoms with Crippen LogP contribution in [0.3, 0.4) is 0 Å². The number of benzene rings is 2. The van der Waals surface area contributed by atoms with Gasteiger partial charge in [0.2, 0.25) is 0 Å². The van der Waals surface area contributed by atoms with E-state index in [9.17, 15) is 9.59 Å². The van der Waals surface area contributed by atoms with Gasteiger partial charge in [-0.25, -0.2) is 4.79 Å². The van der Waals surface area contributed by atoms with Crippen LogP contribution >= 0.6 is 0 Å². The van der Waals surface area contributed by atoms with E-state index in [2.05, 4.69) is 5.32 Å². The maximum atomic E-state index is 13.0. The first-order chi connectivity index (χ1) is 12.1. The molecule has 3 rings (SSSR count). The van der Waals surface area contributed by atoms with E-state index in [1.54, 1.807) is 18.2 Å². The van der Waals surface area contributed by atoms with Crippen LogP contribution in [0.2, 0.25) is 0 Å². The summed E-state index contributed by atoms with van der Waals surface area (Å²) in [6.07, 6.45) is 0. The van der Waals surface area contributed by atoms with Crippen molar-refractivity contribution in [2.24, 2.45) is 0 Å². The first kappa shape index (κ1) is 16.6. The van der Waals surface area contributed by atoms with Crippen LogP contribution in [-0.4, -0.2) is 24.2 Å². The molecule has 0 saturated heterocycles. The number of para-hydroxylation sites is 1. The molecule has 0 aliphatic heterocycles. The van der Waals surface area contributed by atoms with Gasteiger partial charge in [0.25, 0.3) is 5.56 Å². The number of hydrogen-bond acceptors (Lipinski definition) is 5. The minimum absolute atomic E-state index is 0.127. The van der Waals surface area contributed by atoms with Gasteiger partial charge in [0.1, 0.15) is 5.56 Å². The number of hydrogen-bond donors (Lipinski definition) is 2. The van der Waals surface area contributed by atoms with Crippen LogP contribution < -0.4 is 16.6 Å². The molecule has 3 N–H and O–H groups in total. The lowest BCUT2D eigenvalue weighted by atomic mass is 10.1. The number of ether oxygens (including phenoxy) is 1. The maximum Gasteiger partial charge on any atom is 0.345 e. The highest BCUT2D eigenvalue weighted by Gasteiger charge is 2.22. The second-order valence-electron chi connectivity index (χ2n) is 5.52. The van der Waals surface area contributed by atoms with E-state index in [4.69, 9.17) is 10.5 Å². The third kappa shape index (κ3) is 2.82. The Morgan fingerprint density at radius 1 is 1.20 bits per heavy atom. The highest BCUT2D eigenvalue weighted by Crippen LogP contribution is 2.27. The largest absolute Gasteiger partial charge is 0.465 e. The molecule has 1 heterocycles. The van der Waals surface area contributed by atoms with Crippen molar-refractivity contribution in [2.45, 2.75) is 6.92 Å². The standard InChI is InChI=1S/C19H19N3O3/c1-3-21-12-9-10-14-15(11-12)22(13-7-5-4-6-8-13)18(23)16(17(14)20)19(24)25-2/h4-11,21H,3,20H2,1-2H3. The van der Waals surface area contributed by atoms with Crippen LogP contribution in [0, 0.1) is 0 Å². The summed E-state index contributed by atoms with van der Waals surface area (Å²) < 4.78 is 6.24. The Hall–Kier alpha value is -3.28. The van der Waals surface area contributed by atoms with E-state index in [-0.39, 0.29) is 11.3 Å². The second-order valence-corrected chi connectivity index (χ2v) is 5.52. The summed E-state index contributed by atoms with van der Waals surface area (Å²) in [6.45, 7) is 2.74. The zero-order valence-electron chi connectivity index (χ0n) is 14.1. The monoisotopic (exact) mass is 337 g/mol. The molecule has 0 fully saturated rings. The highest BCUT2D eigenvalue weighted by atomic mass is 16.5. The van der Waals surface area contributed by atoms with Crippen molar-refractivity contribution in [3.63, 3.8) is 0 Å². The Morgan fingerprint density at radius 2 is 1.92 bits per heavy atom. The first-order valence-corrected chi connectivity index (χ1v) is 7.94. The molecule has 1 aromatic heterocycles. The second kappa shape index (κ2) is 6.68. The average molecular weight is 337 g/mol. The van der Waals surface area contributed by atoms with Gasteiger partial charge in [0.05, 0.1) is 18.3 Å². The quantitative estimate of drug-likeness (QED) is 0.715. The fourth-order valence-electron chi connectivity index (χ4n) is 2.86.